The molecule has 1 aromatic carbocycles. The van der Waals surface area contributed by atoms with Crippen molar-refractivity contribution < 1.29 is 5.11 Å². The topological polar surface area (TPSA) is 61.8 Å². The summed E-state index contributed by atoms with van der Waals surface area (Å²) in [6.07, 6.45) is 1.60. The Morgan fingerprint density at radius 3 is 2.80 bits per heavy atom. The molecule has 0 aliphatic heterocycles. The van der Waals surface area contributed by atoms with Gasteiger partial charge in [-0.1, -0.05) is 30.3 Å². The molecule has 0 spiro atoms. The van der Waals surface area contributed by atoms with Gasteiger partial charge in [0.25, 0.3) is 0 Å². The van der Waals surface area contributed by atoms with Crippen LogP contribution in [0.3, 0.4) is 0 Å². The van der Waals surface area contributed by atoms with Gasteiger partial charge < -0.3 is 5.11 Å². The highest BCUT2D eigenvalue weighted by Crippen LogP contribution is 2.28. The molecule has 0 bridgehead atoms. The molecule has 0 saturated carbocycles. The van der Waals surface area contributed by atoms with E-state index in [1.165, 1.54) is 0 Å². The molecular weight excluding hydrogens is 270 g/mol. The van der Waals surface area contributed by atoms with Gasteiger partial charge in [0, 0.05) is 23.1 Å². The van der Waals surface area contributed by atoms with E-state index in [0.29, 0.717) is 6.42 Å². The number of aromatic nitrogens is 3. The van der Waals surface area contributed by atoms with Gasteiger partial charge in [0.2, 0.25) is 0 Å². The number of hydrogen-bond acceptors (Lipinski definition) is 4. The summed E-state index contributed by atoms with van der Waals surface area (Å²) in [5.74, 6) is 0. The molecule has 0 amide bonds. The maximum atomic E-state index is 10.4. The second-order valence-corrected chi connectivity index (χ2v) is 5.61. The molecule has 4 nitrogen and oxygen atoms in total. The van der Waals surface area contributed by atoms with Crippen LogP contribution in [0.5, 0.6) is 0 Å². The van der Waals surface area contributed by atoms with Crippen molar-refractivity contribution in [1.29, 1.82) is 0 Å². The van der Waals surface area contributed by atoms with E-state index in [1.807, 2.05) is 42.6 Å². The van der Waals surface area contributed by atoms with E-state index in [9.17, 15) is 5.11 Å². The molecule has 1 atom stereocenters. The molecule has 0 radical (unpaired) electrons. The van der Waals surface area contributed by atoms with Crippen molar-refractivity contribution in [3.05, 3.63) is 58.2 Å². The molecule has 102 valence electrons. The average molecular weight is 285 g/mol. The highest BCUT2D eigenvalue weighted by molar-refractivity contribution is 7.09. The minimum Gasteiger partial charge on any atom is -0.388 e. The highest BCUT2D eigenvalue weighted by Gasteiger charge is 2.17. The first-order valence-corrected chi connectivity index (χ1v) is 7.30. The molecule has 2 N–H and O–H groups in total. The molecule has 3 aromatic rings. The summed E-state index contributed by atoms with van der Waals surface area (Å²) in [4.78, 5) is 4.39. The fourth-order valence-corrected chi connectivity index (χ4v) is 2.97. The Labute approximate surface area is 121 Å². The molecular formula is C15H15N3OS. The summed E-state index contributed by atoms with van der Waals surface area (Å²) in [6, 6.07) is 9.90. The van der Waals surface area contributed by atoms with Crippen LogP contribution in [-0.4, -0.2) is 20.3 Å². The molecule has 3 rings (SSSR count). The van der Waals surface area contributed by atoms with Crippen molar-refractivity contribution in [1.82, 2.24) is 15.2 Å². The van der Waals surface area contributed by atoms with Crippen LogP contribution < -0.4 is 0 Å². The summed E-state index contributed by atoms with van der Waals surface area (Å²) >= 11 is 1.58. The number of aliphatic hydroxyl groups is 1. The van der Waals surface area contributed by atoms with Crippen molar-refractivity contribution >= 4 is 11.3 Å². The Morgan fingerprint density at radius 2 is 2.10 bits per heavy atom. The first kappa shape index (κ1) is 13.0. The zero-order chi connectivity index (χ0) is 13.9. The number of nitrogens with one attached hydrogen (secondary N) is 1. The predicted octanol–water partition coefficient (Wildman–Crippen LogP) is 3.12. The normalized spacial score (nSPS) is 12.5. The molecule has 2 heterocycles. The molecule has 0 aliphatic carbocycles. The van der Waals surface area contributed by atoms with Gasteiger partial charge >= 0.3 is 0 Å². The lowest BCUT2D eigenvalue weighted by atomic mass is 10.0. The minimum absolute atomic E-state index is 0.512. The van der Waals surface area contributed by atoms with Gasteiger partial charge in [-0.2, -0.15) is 5.10 Å². The van der Waals surface area contributed by atoms with Crippen molar-refractivity contribution in [2.75, 3.05) is 0 Å². The summed E-state index contributed by atoms with van der Waals surface area (Å²) in [5.41, 5.74) is 3.69. The largest absolute Gasteiger partial charge is 0.388 e. The smallest absolute Gasteiger partial charge is 0.0957 e. The van der Waals surface area contributed by atoms with Crippen LogP contribution in [0.15, 0.2) is 41.9 Å². The molecule has 1 unspecified atom stereocenters. The van der Waals surface area contributed by atoms with Crippen LogP contribution in [0.4, 0.5) is 0 Å². The lowest BCUT2D eigenvalue weighted by Crippen LogP contribution is -2.02. The fraction of sp³-hybridized carbons (Fsp3) is 0.200. The first-order valence-electron chi connectivity index (χ1n) is 6.42. The van der Waals surface area contributed by atoms with E-state index in [-0.39, 0.29) is 0 Å². The maximum Gasteiger partial charge on any atom is 0.0957 e. The molecule has 0 fully saturated rings. The van der Waals surface area contributed by atoms with E-state index in [1.54, 1.807) is 17.5 Å². The van der Waals surface area contributed by atoms with Crippen LogP contribution in [0.25, 0.3) is 11.3 Å². The van der Waals surface area contributed by atoms with Crippen LogP contribution >= 0.6 is 11.3 Å². The number of hydrogen-bond donors (Lipinski definition) is 2. The Bertz CT molecular complexity index is 690. The third kappa shape index (κ3) is 2.64. The molecule has 5 heteroatoms. The van der Waals surface area contributed by atoms with Crippen LogP contribution in [0, 0.1) is 6.92 Å². The average Bonchev–Trinajstić information content (AvgIpc) is 3.09. The fourth-order valence-electron chi connectivity index (χ4n) is 2.16. The third-order valence-corrected chi connectivity index (χ3v) is 4.11. The third-order valence-electron chi connectivity index (χ3n) is 3.12. The van der Waals surface area contributed by atoms with Gasteiger partial charge in [0.1, 0.15) is 0 Å². The predicted molar refractivity (Wildman–Crippen MR) is 79.5 cm³/mol. The second-order valence-electron chi connectivity index (χ2n) is 4.67. The second kappa shape index (κ2) is 5.56. The lowest BCUT2D eigenvalue weighted by Gasteiger charge is -2.09. The van der Waals surface area contributed by atoms with E-state index < -0.39 is 6.10 Å². The molecule has 2 aromatic heterocycles. The van der Waals surface area contributed by atoms with Crippen LogP contribution in [-0.2, 0) is 6.42 Å². The number of aromatic amines is 1. The molecule has 20 heavy (non-hydrogen) atoms. The number of aryl methyl sites for hydroxylation is 1. The first-order chi connectivity index (χ1) is 9.74. The van der Waals surface area contributed by atoms with Gasteiger partial charge in [0.05, 0.1) is 23.0 Å². The van der Waals surface area contributed by atoms with Crippen molar-refractivity contribution in [3.8, 4) is 11.3 Å². The SMILES string of the molecule is Cc1csc(CC(O)c2cn[nH]c2-c2ccccc2)n1. The van der Waals surface area contributed by atoms with Crippen LogP contribution in [0.2, 0.25) is 0 Å². The Kier molecular flexibility index (Phi) is 3.62. The van der Waals surface area contributed by atoms with Gasteiger partial charge in [-0.05, 0) is 12.5 Å². The van der Waals surface area contributed by atoms with Gasteiger partial charge in [-0.3, -0.25) is 5.10 Å². The maximum absolute atomic E-state index is 10.4. The number of benzene rings is 1. The summed E-state index contributed by atoms with van der Waals surface area (Å²) in [7, 11) is 0. The standard InChI is InChI=1S/C15H15N3OS/c1-10-9-20-14(17-10)7-13(19)12-8-16-18-15(12)11-5-3-2-4-6-11/h2-6,8-9,13,19H,7H2,1H3,(H,16,18). The lowest BCUT2D eigenvalue weighted by molar-refractivity contribution is 0.179. The Morgan fingerprint density at radius 1 is 1.30 bits per heavy atom. The highest BCUT2D eigenvalue weighted by atomic mass is 32.1. The minimum atomic E-state index is -0.602. The number of aliphatic hydroxyl groups excluding tert-OH is 1. The summed E-state index contributed by atoms with van der Waals surface area (Å²) < 4.78 is 0. The van der Waals surface area contributed by atoms with E-state index in [4.69, 9.17) is 0 Å². The van der Waals surface area contributed by atoms with E-state index in [2.05, 4.69) is 15.2 Å². The van der Waals surface area contributed by atoms with Crippen molar-refractivity contribution in [2.45, 2.75) is 19.4 Å². The van der Waals surface area contributed by atoms with Crippen molar-refractivity contribution in [3.63, 3.8) is 0 Å². The summed E-state index contributed by atoms with van der Waals surface area (Å²) in [6.45, 7) is 1.96. The van der Waals surface area contributed by atoms with Gasteiger partial charge in [-0.15, -0.1) is 11.3 Å². The molecule has 0 saturated heterocycles. The molecule has 0 aliphatic rings. The number of H-pyrrole nitrogens is 1. The quantitative estimate of drug-likeness (QED) is 0.774. The van der Waals surface area contributed by atoms with Gasteiger partial charge in [0.15, 0.2) is 0 Å². The van der Waals surface area contributed by atoms with Crippen LogP contribution in [0.1, 0.15) is 22.4 Å². The zero-order valence-electron chi connectivity index (χ0n) is 11.1. The van der Waals surface area contributed by atoms with E-state index in [0.717, 1.165) is 27.5 Å². The van der Waals surface area contributed by atoms with Gasteiger partial charge in [-0.25, -0.2) is 4.98 Å². The summed E-state index contributed by atoms with van der Waals surface area (Å²) in [5, 5.41) is 20.4. The van der Waals surface area contributed by atoms with Crippen molar-refractivity contribution in [2.24, 2.45) is 0 Å². The monoisotopic (exact) mass is 285 g/mol. The van der Waals surface area contributed by atoms with E-state index >= 15 is 0 Å². The number of thiazole rings is 1. The number of rotatable bonds is 4. The Hall–Kier alpha value is -1.98. The Balaban J connectivity index is 1.86. The zero-order valence-corrected chi connectivity index (χ0v) is 11.9. The number of nitrogens with zero attached hydrogens (tertiary/aromatic N) is 2.